The standard InChI is InChI=1S/C21H18F2N2O4S/c1-13-3-4-14(21(26)24-19-10-5-15(22)12-18(19)23)11-20(13)30(27,28)25-16-6-8-17(29-2)9-7-16/h3-12,25H,1-2H3,(H,24,26). The van der Waals surface area contributed by atoms with Gasteiger partial charge in [-0.1, -0.05) is 6.07 Å². The van der Waals surface area contributed by atoms with Crippen molar-refractivity contribution in [2.24, 2.45) is 0 Å². The fourth-order valence-electron chi connectivity index (χ4n) is 2.69. The Morgan fingerprint density at radius 1 is 0.967 bits per heavy atom. The number of aryl methyl sites for hydroxylation is 1. The predicted molar refractivity (Wildman–Crippen MR) is 109 cm³/mol. The van der Waals surface area contributed by atoms with Crippen molar-refractivity contribution < 1.29 is 26.7 Å². The van der Waals surface area contributed by atoms with Crippen molar-refractivity contribution in [2.45, 2.75) is 11.8 Å². The Hall–Kier alpha value is -3.46. The fraction of sp³-hybridized carbons (Fsp3) is 0.0952. The summed E-state index contributed by atoms with van der Waals surface area (Å²) in [6, 6.07) is 13.1. The number of nitrogens with one attached hydrogen (secondary N) is 2. The first-order chi connectivity index (χ1) is 14.2. The average Bonchev–Trinajstić information content (AvgIpc) is 2.70. The number of carbonyl (C=O) groups is 1. The lowest BCUT2D eigenvalue weighted by Crippen LogP contribution is -2.17. The molecule has 3 aromatic carbocycles. The third kappa shape index (κ3) is 4.74. The van der Waals surface area contributed by atoms with Crippen LogP contribution in [0, 0.1) is 18.6 Å². The molecule has 0 atom stereocenters. The number of sulfonamides is 1. The molecule has 1 amide bonds. The maximum absolute atomic E-state index is 13.8. The number of hydrogen-bond donors (Lipinski definition) is 2. The Bertz CT molecular complexity index is 1200. The molecule has 0 aliphatic rings. The Morgan fingerprint density at radius 2 is 1.67 bits per heavy atom. The van der Waals surface area contributed by atoms with Crippen molar-refractivity contribution in [3.8, 4) is 5.75 Å². The summed E-state index contributed by atoms with van der Waals surface area (Å²) in [5.41, 5.74) is 0.515. The molecule has 0 bridgehead atoms. The summed E-state index contributed by atoms with van der Waals surface area (Å²) in [5.74, 6) is -1.88. The van der Waals surface area contributed by atoms with E-state index in [-0.39, 0.29) is 16.1 Å². The number of carbonyl (C=O) groups excluding carboxylic acids is 1. The zero-order valence-electron chi connectivity index (χ0n) is 16.1. The van der Waals surface area contributed by atoms with Crippen LogP contribution >= 0.6 is 0 Å². The van der Waals surface area contributed by atoms with Gasteiger partial charge >= 0.3 is 0 Å². The summed E-state index contributed by atoms with van der Waals surface area (Å²) in [6.07, 6.45) is 0. The predicted octanol–water partition coefficient (Wildman–Crippen LogP) is 4.33. The lowest BCUT2D eigenvalue weighted by Gasteiger charge is -2.13. The zero-order valence-corrected chi connectivity index (χ0v) is 16.9. The molecule has 0 aliphatic heterocycles. The SMILES string of the molecule is COc1ccc(NS(=O)(=O)c2cc(C(=O)Nc3ccc(F)cc3F)ccc2C)cc1. The van der Waals surface area contributed by atoms with E-state index < -0.39 is 27.6 Å². The van der Waals surface area contributed by atoms with E-state index in [0.717, 1.165) is 12.1 Å². The van der Waals surface area contributed by atoms with Gasteiger partial charge in [-0.3, -0.25) is 9.52 Å². The molecular weight excluding hydrogens is 414 g/mol. The van der Waals surface area contributed by atoms with Crippen LogP contribution in [0.1, 0.15) is 15.9 Å². The molecule has 0 aromatic heterocycles. The highest BCUT2D eigenvalue weighted by Gasteiger charge is 2.20. The molecule has 0 saturated heterocycles. The van der Waals surface area contributed by atoms with Crippen LogP contribution in [-0.4, -0.2) is 21.4 Å². The van der Waals surface area contributed by atoms with Crippen LogP contribution in [0.2, 0.25) is 0 Å². The highest BCUT2D eigenvalue weighted by molar-refractivity contribution is 7.92. The minimum atomic E-state index is -4.00. The second kappa shape index (κ2) is 8.50. The minimum absolute atomic E-state index is 0.000527. The summed E-state index contributed by atoms with van der Waals surface area (Å²) >= 11 is 0. The quantitative estimate of drug-likeness (QED) is 0.607. The van der Waals surface area contributed by atoms with Crippen LogP contribution in [0.5, 0.6) is 5.75 Å². The monoisotopic (exact) mass is 432 g/mol. The van der Waals surface area contributed by atoms with Crippen molar-refractivity contribution in [3.05, 3.63) is 83.4 Å². The number of hydrogen-bond acceptors (Lipinski definition) is 4. The van der Waals surface area contributed by atoms with E-state index in [4.69, 9.17) is 4.74 Å². The van der Waals surface area contributed by atoms with Crippen LogP contribution in [-0.2, 0) is 10.0 Å². The summed E-state index contributed by atoms with van der Waals surface area (Å²) in [6.45, 7) is 1.59. The molecule has 0 radical (unpaired) electrons. The first-order valence-electron chi connectivity index (χ1n) is 8.73. The molecule has 0 saturated carbocycles. The zero-order chi connectivity index (χ0) is 21.9. The van der Waals surface area contributed by atoms with Crippen LogP contribution in [0.15, 0.2) is 65.6 Å². The molecule has 0 unspecified atom stereocenters. The largest absolute Gasteiger partial charge is 0.497 e. The third-order valence-electron chi connectivity index (χ3n) is 4.26. The van der Waals surface area contributed by atoms with Crippen LogP contribution in [0.25, 0.3) is 0 Å². The maximum Gasteiger partial charge on any atom is 0.262 e. The van der Waals surface area contributed by atoms with Gasteiger partial charge in [0.05, 0.1) is 17.7 Å². The normalized spacial score (nSPS) is 11.1. The second-order valence-corrected chi connectivity index (χ2v) is 8.04. The number of methoxy groups -OCH3 is 1. The molecule has 0 fully saturated rings. The molecule has 156 valence electrons. The van der Waals surface area contributed by atoms with Gasteiger partial charge in [-0.15, -0.1) is 0 Å². The van der Waals surface area contributed by atoms with Gasteiger partial charge in [0.15, 0.2) is 0 Å². The number of rotatable bonds is 6. The van der Waals surface area contributed by atoms with Gasteiger partial charge in [0.2, 0.25) is 0 Å². The maximum atomic E-state index is 13.8. The van der Waals surface area contributed by atoms with E-state index in [1.54, 1.807) is 31.2 Å². The Labute approximate surface area is 172 Å². The van der Waals surface area contributed by atoms with Gasteiger partial charge in [0.25, 0.3) is 15.9 Å². The number of anilines is 2. The number of halogens is 2. The van der Waals surface area contributed by atoms with Crippen LogP contribution in [0.4, 0.5) is 20.2 Å². The summed E-state index contributed by atoms with van der Waals surface area (Å²) in [4.78, 5) is 12.4. The Balaban J connectivity index is 1.86. The Kier molecular flexibility index (Phi) is 6.02. The van der Waals surface area contributed by atoms with E-state index in [1.165, 1.54) is 25.3 Å². The summed E-state index contributed by atoms with van der Waals surface area (Å²) in [5, 5.41) is 2.30. The molecule has 0 heterocycles. The van der Waals surface area contributed by atoms with E-state index in [1.807, 2.05) is 0 Å². The van der Waals surface area contributed by atoms with Crippen molar-refractivity contribution >= 4 is 27.3 Å². The number of ether oxygens (including phenoxy) is 1. The summed E-state index contributed by atoms with van der Waals surface area (Å²) < 4.78 is 59.9. The molecule has 3 aromatic rings. The molecule has 0 aliphatic carbocycles. The van der Waals surface area contributed by atoms with Gasteiger partial charge < -0.3 is 10.1 Å². The van der Waals surface area contributed by atoms with Crippen molar-refractivity contribution in [2.75, 3.05) is 17.1 Å². The van der Waals surface area contributed by atoms with Crippen LogP contribution in [0.3, 0.4) is 0 Å². The molecule has 30 heavy (non-hydrogen) atoms. The van der Waals surface area contributed by atoms with Crippen molar-refractivity contribution in [1.82, 2.24) is 0 Å². The molecule has 2 N–H and O–H groups in total. The topological polar surface area (TPSA) is 84.5 Å². The van der Waals surface area contributed by atoms with Crippen molar-refractivity contribution in [1.29, 1.82) is 0 Å². The van der Waals surface area contributed by atoms with E-state index in [2.05, 4.69) is 10.0 Å². The van der Waals surface area contributed by atoms with Gasteiger partial charge in [0.1, 0.15) is 17.4 Å². The second-order valence-electron chi connectivity index (χ2n) is 6.39. The van der Waals surface area contributed by atoms with E-state index in [0.29, 0.717) is 23.1 Å². The van der Waals surface area contributed by atoms with Gasteiger partial charge in [-0.05, 0) is 61.0 Å². The Morgan fingerprint density at radius 3 is 2.30 bits per heavy atom. The van der Waals surface area contributed by atoms with E-state index in [9.17, 15) is 22.0 Å². The van der Waals surface area contributed by atoms with Gasteiger partial charge in [0, 0.05) is 17.3 Å². The van der Waals surface area contributed by atoms with Crippen LogP contribution < -0.4 is 14.8 Å². The smallest absolute Gasteiger partial charge is 0.262 e. The highest BCUT2D eigenvalue weighted by Crippen LogP contribution is 2.23. The molecule has 6 nitrogen and oxygen atoms in total. The highest BCUT2D eigenvalue weighted by atomic mass is 32.2. The lowest BCUT2D eigenvalue weighted by atomic mass is 10.1. The number of amides is 1. The molecule has 9 heteroatoms. The lowest BCUT2D eigenvalue weighted by molar-refractivity contribution is 0.102. The van der Waals surface area contributed by atoms with Gasteiger partial charge in [-0.25, -0.2) is 17.2 Å². The van der Waals surface area contributed by atoms with E-state index >= 15 is 0 Å². The molecule has 0 spiro atoms. The average molecular weight is 432 g/mol. The summed E-state index contributed by atoms with van der Waals surface area (Å²) in [7, 11) is -2.50. The number of benzene rings is 3. The van der Waals surface area contributed by atoms with Gasteiger partial charge in [-0.2, -0.15) is 0 Å². The first-order valence-corrected chi connectivity index (χ1v) is 10.2. The van der Waals surface area contributed by atoms with Crippen molar-refractivity contribution in [3.63, 3.8) is 0 Å². The fourth-order valence-corrected chi connectivity index (χ4v) is 4.02. The minimum Gasteiger partial charge on any atom is -0.497 e. The molecule has 3 rings (SSSR count). The third-order valence-corrected chi connectivity index (χ3v) is 5.78. The molecular formula is C21H18F2N2O4S. The first kappa shape index (κ1) is 21.3.